The van der Waals surface area contributed by atoms with E-state index in [4.69, 9.17) is 4.74 Å². The lowest BCUT2D eigenvalue weighted by molar-refractivity contribution is -0.145. The Morgan fingerprint density at radius 1 is 1.30 bits per heavy atom. The Morgan fingerprint density at radius 3 is 2.70 bits per heavy atom. The van der Waals surface area contributed by atoms with Gasteiger partial charge < -0.3 is 14.8 Å². The van der Waals surface area contributed by atoms with Gasteiger partial charge in [0.05, 0.1) is 12.5 Å². The highest BCUT2D eigenvalue weighted by molar-refractivity contribution is 5.88. The van der Waals surface area contributed by atoms with Gasteiger partial charge in [0.2, 0.25) is 0 Å². The van der Waals surface area contributed by atoms with E-state index >= 15 is 0 Å². The first-order valence-corrected chi connectivity index (χ1v) is 7.06. The van der Waals surface area contributed by atoms with Crippen LogP contribution in [0.15, 0.2) is 24.4 Å². The van der Waals surface area contributed by atoms with Gasteiger partial charge >= 0.3 is 5.97 Å². The van der Waals surface area contributed by atoms with Gasteiger partial charge in [-0.3, -0.25) is 4.79 Å². The standard InChI is InChI=1S/C16H19NO3/c1-20-14-9-11-5-8-17-13(11)10-12(14)16(15(18)19)6-3-2-4-7-16/h5,8-10,17H,2-4,6-7H2,1H3,(H,18,19). The van der Waals surface area contributed by atoms with Crippen LogP contribution in [0.1, 0.15) is 37.7 Å². The SMILES string of the molecule is COc1cc2cc[nH]c2cc1C1(C(=O)O)CCCCC1. The summed E-state index contributed by atoms with van der Waals surface area (Å²) in [6, 6.07) is 5.85. The highest BCUT2D eigenvalue weighted by Crippen LogP contribution is 2.44. The van der Waals surface area contributed by atoms with Crippen LogP contribution in [0.2, 0.25) is 0 Å². The maximum absolute atomic E-state index is 12.0. The van der Waals surface area contributed by atoms with Crippen molar-refractivity contribution in [2.45, 2.75) is 37.5 Å². The number of carboxylic acids is 1. The third kappa shape index (κ3) is 1.87. The molecule has 3 rings (SSSR count). The van der Waals surface area contributed by atoms with Crippen LogP contribution in [0, 0.1) is 0 Å². The Hall–Kier alpha value is -1.97. The number of aromatic nitrogens is 1. The molecule has 1 aliphatic carbocycles. The lowest BCUT2D eigenvalue weighted by Crippen LogP contribution is -2.38. The van der Waals surface area contributed by atoms with E-state index < -0.39 is 11.4 Å². The Morgan fingerprint density at radius 2 is 2.05 bits per heavy atom. The average molecular weight is 273 g/mol. The molecule has 1 saturated carbocycles. The average Bonchev–Trinajstić information content (AvgIpc) is 2.93. The summed E-state index contributed by atoms with van der Waals surface area (Å²) in [5.74, 6) is -0.0530. The molecule has 0 aliphatic heterocycles. The van der Waals surface area contributed by atoms with Crippen molar-refractivity contribution in [2.24, 2.45) is 0 Å². The maximum Gasteiger partial charge on any atom is 0.314 e. The molecule has 2 aromatic rings. The van der Waals surface area contributed by atoms with Gasteiger partial charge in [-0.15, -0.1) is 0 Å². The molecule has 0 atom stereocenters. The van der Waals surface area contributed by atoms with Gasteiger partial charge in [0.25, 0.3) is 0 Å². The fraction of sp³-hybridized carbons (Fsp3) is 0.438. The number of ether oxygens (including phenoxy) is 1. The Kier molecular flexibility index (Phi) is 3.16. The number of rotatable bonds is 3. The Balaban J connectivity index is 2.21. The summed E-state index contributed by atoms with van der Waals surface area (Å²) >= 11 is 0. The van der Waals surface area contributed by atoms with Gasteiger partial charge in [0.15, 0.2) is 0 Å². The summed E-state index contributed by atoms with van der Waals surface area (Å²) in [5, 5.41) is 10.9. The largest absolute Gasteiger partial charge is 0.496 e. The van der Waals surface area contributed by atoms with Gasteiger partial charge in [-0.25, -0.2) is 0 Å². The van der Waals surface area contributed by atoms with Crippen molar-refractivity contribution in [2.75, 3.05) is 7.11 Å². The van der Waals surface area contributed by atoms with Crippen LogP contribution in [0.25, 0.3) is 10.9 Å². The van der Waals surface area contributed by atoms with Gasteiger partial charge in [0.1, 0.15) is 5.75 Å². The number of H-pyrrole nitrogens is 1. The number of aromatic amines is 1. The molecule has 1 aromatic heterocycles. The zero-order chi connectivity index (χ0) is 14.2. The number of carbonyl (C=O) groups is 1. The van der Waals surface area contributed by atoms with Gasteiger partial charge in [-0.1, -0.05) is 19.3 Å². The molecule has 106 valence electrons. The fourth-order valence-electron chi connectivity index (χ4n) is 3.38. The summed E-state index contributed by atoms with van der Waals surface area (Å²) in [7, 11) is 1.61. The first kappa shape index (κ1) is 13.0. The Labute approximate surface area is 117 Å². The fourth-order valence-corrected chi connectivity index (χ4v) is 3.38. The van der Waals surface area contributed by atoms with Crippen molar-refractivity contribution < 1.29 is 14.6 Å². The lowest BCUT2D eigenvalue weighted by atomic mass is 9.69. The van der Waals surface area contributed by atoms with Crippen molar-refractivity contribution in [3.05, 3.63) is 30.0 Å². The summed E-state index contributed by atoms with van der Waals surface area (Å²) in [6.45, 7) is 0. The molecular formula is C16H19NO3. The van der Waals surface area contributed by atoms with E-state index in [1.165, 1.54) is 0 Å². The first-order valence-electron chi connectivity index (χ1n) is 7.06. The topological polar surface area (TPSA) is 62.3 Å². The normalized spacial score (nSPS) is 18.1. The zero-order valence-electron chi connectivity index (χ0n) is 11.6. The van der Waals surface area contributed by atoms with Crippen molar-refractivity contribution >= 4 is 16.9 Å². The van der Waals surface area contributed by atoms with Crippen LogP contribution in [0.5, 0.6) is 5.75 Å². The number of nitrogens with one attached hydrogen (secondary N) is 1. The van der Waals surface area contributed by atoms with E-state index in [2.05, 4.69) is 4.98 Å². The minimum absolute atomic E-state index is 0.682. The molecule has 1 heterocycles. The first-order chi connectivity index (χ1) is 9.67. The minimum Gasteiger partial charge on any atom is -0.496 e. The molecule has 4 nitrogen and oxygen atoms in total. The van der Waals surface area contributed by atoms with E-state index in [0.29, 0.717) is 18.6 Å². The minimum atomic E-state index is -0.803. The van der Waals surface area contributed by atoms with Crippen molar-refractivity contribution in [3.8, 4) is 5.75 Å². The van der Waals surface area contributed by atoms with Crippen molar-refractivity contribution in [1.29, 1.82) is 0 Å². The molecule has 1 aliphatic rings. The predicted octanol–water partition coefficient (Wildman–Crippen LogP) is 3.46. The van der Waals surface area contributed by atoms with Crippen LogP contribution in [-0.4, -0.2) is 23.2 Å². The van der Waals surface area contributed by atoms with Crippen LogP contribution < -0.4 is 4.74 Å². The molecular weight excluding hydrogens is 254 g/mol. The number of fused-ring (bicyclic) bond motifs is 1. The second kappa shape index (κ2) is 4.85. The summed E-state index contributed by atoms with van der Waals surface area (Å²) in [6.07, 6.45) is 6.26. The molecule has 0 radical (unpaired) electrons. The molecule has 0 spiro atoms. The second-order valence-electron chi connectivity index (χ2n) is 5.57. The molecule has 0 bridgehead atoms. The molecule has 0 unspecified atom stereocenters. The lowest BCUT2D eigenvalue weighted by Gasteiger charge is -2.34. The summed E-state index contributed by atoms with van der Waals surface area (Å²) in [4.78, 5) is 15.1. The molecule has 0 saturated heterocycles. The van der Waals surface area contributed by atoms with Crippen LogP contribution >= 0.6 is 0 Å². The number of benzene rings is 1. The molecule has 1 fully saturated rings. The molecule has 4 heteroatoms. The number of aliphatic carboxylic acids is 1. The van der Waals surface area contributed by atoms with Crippen LogP contribution in [0.4, 0.5) is 0 Å². The third-order valence-electron chi connectivity index (χ3n) is 4.51. The van der Waals surface area contributed by atoms with Crippen LogP contribution in [0.3, 0.4) is 0 Å². The van der Waals surface area contributed by atoms with E-state index in [1.54, 1.807) is 7.11 Å². The van der Waals surface area contributed by atoms with E-state index in [-0.39, 0.29) is 0 Å². The predicted molar refractivity (Wildman–Crippen MR) is 77.2 cm³/mol. The molecule has 20 heavy (non-hydrogen) atoms. The molecule has 2 N–H and O–H groups in total. The zero-order valence-corrected chi connectivity index (χ0v) is 11.6. The monoisotopic (exact) mass is 273 g/mol. The van der Waals surface area contributed by atoms with E-state index in [1.807, 2.05) is 24.4 Å². The number of methoxy groups -OCH3 is 1. The third-order valence-corrected chi connectivity index (χ3v) is 4.51. The van der Waals surface area contributed by atoms with E-state index in [0.717, 1.165) is 35.7 Å². The number of hydrogen-bond acceptors (Lipinski definition) is 2. The summed E-state index contributed by atoms with van der Waals surface area (Å²) < 4.78 is 5.47. The summed E-state index contributed by atoms with van der Waals surface area (Å²) in [5.41, 5.74) is 0.970. The quantitative estimate of drug-likeness (QED) is 0.900. The maximum atomic E-state index is 12.0. The Bertz CT molecular complexity index is 638. The highest BCUT2D eigenvalue weighted by atomic mass is 16.5. The molecule has 1 aromatic carbocycles. The number of hydrogen-bond donors (Lipinski definition) is 2. The van der Waals surface area contributed by atoms with Crippen molar-refractivity contribution in [3.63, 3.8) is 0 Å². The van der Waals surface area contributed by atoms with Crippen LogP contribution in [-0.2, 0) is 10.2 Å². The second-order valence-corrected chi connectivity index (χ2v) is 5.57. The van der Waals surface area contributed by atoms with Gasteiger partial charge in [-0.2, -0.15) is 0 Å². The smallest absolute Gasteiger partial charge is 0.314 e. The number of carboxylic acid groups (broad SMARTS) is 1. The van der Waals surface area contributed by atoms with E-state index in [9.17, 15) is 9.90 Å². The highest BCUT2D eigenvalue weighted by Gasteiger charge is 2.43. The molecule has 0 amide bonds. The van der Waals surface area contributed by atoms with Crippen molar-refractivity contribution in [1.82, 2.24) is 4.98 Å². The van der Waals surface area contributed by atoms with Gasteiger partial charge in [-0.05, 0) is 31.0 Å². The van der Waals surface area contributed by atoms with Gasteiger partial charge in [0, 0.05) is 22.7 Å².